The molecule has 0 aliphatic carbocycles. The molecule has 1 fully saturated rings. The van der Waals surface area contributed by atoms with E-state index in [0.29, 0.717) is 0 Å². The Bertz CT molecular complexity index is 255. The van der Waals surface area contributed by atoms with Gasteiger partial charge in [-0.2, -0.15) is 0 Å². The van der Waals surface area contributed by atoms with Crippen LogP contribution in [0.5, 0.6) is 0 Å². The standard InChI is InChI=1S/C15H29NO2/c1-3-5-6-7-8-12-16-13-9-11-15(16,10-4-2)14(17)18/h3-13H2,1-2H3,(H,17,18). The molecule has 1 unspecified atom stereocenters. The van der Waals surface area contributed by atoms with Crippen LogP contribution in [-0.4, -0.2) is 34.6 Å². The molecule has 0 amide bonds. The number of carboxylic acid groups (broad SMARTS) is 1. The Balaban J connectivity index is 2.44. The summed E-state index contributed by atoms with van der Waals surface area (Å²) < 4.78 is 0. The monoisotopic (exact) mass is 255 g/mol. The van der Waals surface area contributed by atoms with E-state index >= 15 is 0 Å². The van der Waals surface area contributed by atoms with Gasteiger partial charge in [-0.3, -0.25) is 9.69 Å². The smallest absolute Gasteiger partial charge is 0.324 e. The van der Waals surface area contributed by atoms with Crippen LogP contribution in [-0.2, 0) is 4.79 Å². The van der Waals surface area contributed by atoms with Gasteiger partial charge in [-0.25, -0.2) is 0 Å². The quantitative estimate of drug-likeness (QED) is 0.639. The minimum atomic E-state index is -0.601. The number of nitrogens with zero attached hydrogens (tertiary/aromatic N) is 1. The second-order valence-corrected chi connectivity index (χ2v) is 5.59. The molecule has 0 bridgehead atoms. The highest BCUT2D eigenvalue weighted by Crippen LogP contribution is 2.34. The van der Waals surface area contributed by atoms with Crippen molar-refractivity contribution in [2.45, 2.75) is 77.2 Å². The number of unbranched alkanes of at least 4 members (excludes halogenated alkanes) is 4. The van der Waals surface area contributed by atoms with E-state index in [-0.39, 0.29) is 0 Å². The third-order valence-electron chi connectivity index (χ3n) is 4.22. The first-order valence-electron chi connectivity index (χ1n) is 7.66. The van der Waals surface area contributed by atoms with Crippen molar-refractivity contribution in [3.8, 4) is 0 Å². The SMILES string of the molecule is CCCCCCCN1CCCC1(CCC)C(=O)O. The summed E-state index contributed by atoms with van der Waals surface area (Å²) in [5.41, 5.74) is -0.542. The maximum Gasteiger partial charge on any atom is 0.324 e. The molecule has 0 aromatic rings. The fourth-order valence-corrected chi connectivity index (χ4v) is 3.21. The summed E-state index contributed by atoms with van der Waals surface area (Å²) >= 11 is 0. The average molecular weight is 255 g/mol. The summed E-state index contributed by atoms with van der Waals surface area (Å²) in [6.45, 7) is 6.25. The van der Waals surface area contributed by atoms with Gasteiger partial charge in [0.25, 0.3) is 0 Å². The first kappa shape index (κ1) is 15.5. The highest BCUT2D eigenvalue weighted by atomic mass is 16.4. The lowest BCUT2D eigenvalue weighted by Crippen LogP contribution is -2.50. The van der Waals surface area contributed by atoms with Crippen LogP contribution in [0.25, 0.3) is 0 Å². The van der Waals surface area contributed by atoms with Gasteiger partial charge in [-0.05, 0) is 38.8 Å². The summed E-state index contributed by atoms with van der Waals surface area (Å²) in [5, 5.41) is 9.56. The Labute approximate surface area is 112 Å². The van der Waals surface area contributed by atoms with Crippen LogP contribution >= 0.6 is 0 Å². The van der Waals surface area contributed by atoms with E-state index in [2.05, 4.69) is 18.7 Å². The lowest BCUT2D eigenvalue weighted by Gasteiger charge is -2.34. The number of carbonyl (C=O) groups is 1. The van der Waals surface area contributed by atoms with E-state index in [9.17, 15) is 9.90 Å². The van der Waals surface area contributed by atoms with Gasteiger partial charge in [-0.15, -0.1) is 0 Å². The van der Waals surface area contributed by atoms with E-state index in [1.807, 2.05) is 0 Å². The second-order valence-electron chi connectivity index (χ2n) is 5.59. The van der Waals surface area contributed by atoms with Crippen molar-refractivity contribution >= 4 is 5.97 Å². The van der Waals surface area contributed by atoms with Gasteiger partial charge in [0.05, 0.1) is 0 Å². The molecule has 3 heteroatoms. The molecule has 0 aromatic heterocycles. The number of likely N-dealkylation sites (tertiary alicyclic amines) is 1. The Morgan fingerprint density at radius 3 is 2.50 bits per heavy atom. The van der Waals surface area contributed by atoms with Gasteiger partial charge in [-0.1, -0.05) is 46.0 Å². The Hall–Kier alpha value is -0.570. The molecule has 0 saturated carbocycles. The van der Waals surface area contributed by atoms with Crippen LogP contribution in [0.15, 0.2) is 0 Å². The van der Waals surface area contributed by atoms with E-state index < -0.39 is 11.5 Å². The van der Waals surface area contributed by atoms with Crippen molar-refractivity contribution in [3.05, 3.63) is 0 Å². The van der Waals surface area contributed by atoms with Crippen LogP contribution in [0.2, 0.25) is 0 Å². The van der Waals surface area contributed by atoms with E-state index in [4.69, 9.17) is 0 Å². The molecule has 1 rings (SSSR count). The summed E-state index contributed by atoms with van der Waals surface area (Å²) in [4.78, 5) is 13.9. The average Bonchev–Trinajstić information content (AvgIpc) is 2.74. The van der Waals surface area contributed by atoms with Crippen molar-refractivity contribution in [1.29, 1.82) is 0 Å². The van der Waals surface area contributed by atoms with Crippen molar-refractivity contribution < 1.29 is 9.90 Å². The maximum absolute atomic E-state index is 11.6. The predicted molar refractivity (Wildman–Crippen MR) is 74.8 cm³/mol. The van der Waals surface area contributed by atoms with Gasteiger partial charge in [0.15, 0.2) is 0 Å². The molecular weight excluding hydrogens is 226 g/mol. The normalized spacial score (nSPS) is 24.6. The molecule has 1 heterocycles. The third-order valence-corrected chi connectivity index (χ3v) is 4.22. The van der Waals surface area contributed by atoms with Crippen molar-refractivity contribution in [3.63, 3.8) is 0 Å². The van der Waals surface area contributed by atoms with Crippen LogP contribution in [0.4, 0.5) is 0 Å². The molecule has 18 heavy (non-hydrogen) atoms. The zero-order valence-electron chi connectivity index (χ0n) is 12.1. The molecule has 0 radical (unpaired) electrons. The summed E-state index contributed by atoms with van der Waals surface area (Å²) in [7, 11) is 0. The number of carboxylic acids is 1. The van der Waals surface area contributed by atoms with Crippen molar-refractivity contribution in [2.75, 3.05) is 13.1 Å². The largest absolute Gasteiger partial charge is 0.480 e. The highest BCUT2D eigenvalue weighted by Gasteiger charge is 2.46. The van der Waals surface area contributed by atoms with Crippen LogP contribution in [0.1, 0.15) is 71.6 Å². The van der Waals surface area contributed by atoms with Gasteiger partial charge in [0.1, 0.15) is 5.54 Å². The Kier molecular flexibility index (Phi) is 6.69. The topological polar surface area (TPSA) is 40.5 Å². The third kappa shape index (κ3) is 3.71. The second kappa shape index (κ2) is 7.78. The molecule has 1 aliphatic heterocycles. The van der Waals surface area contributed by atoms with Crippen molar-refractivity contribution in [2.24, 2.45) is 0 Å². The van der Waals surface area contributed by atoms with Gasteiger partial charge < -0.3 is 5.11 Å². The Morgan fingerprint density at radius 1 is 1.17 bits per heavy atom. The predicted octanol–water partition coefficient (Wildman–Crippen LogP) is 3.68. The van der Waals surface area contributed by atoms with E-state index in [1.165, 1.54) is 25.7 Å². The summed E-state index contributed by atoms with van der Waals surface area (Å²) in [6.07, 6.45) is 9.89. The summed E-state index contributed by atoms with van der Waals surface area (Å²) in [5.74, 6) is -0.601. The maximum atomic E-state index is 11.6. The zero-order valence-corrected chi connectivity index (χ0v) is 12.1. The number of hydrogen-bond acceptors (Lipinski definition) is 2. The highest BCUT2D eigenvalue weighted by molar-refractivity contribution is 5.79. The molecule has 0 spiro atoms. The number of hydrogen-bond donors (Lipinski definition) is 1. The summed E-state index contributed by atoms with van der Waals surface area (Å²) in [6, 6.07) is 0. The van der Waals surface area contributed by atoms with Crippen molar-refractivity contribution in [1.82, 2.24) is 4.90 Å². The first-order valence-corrected chi connectivity index (χ1v) is 7.66. The van der Waals surface area contributed by atoms with Gasteiger partial charge in [0.2, 0.25) is 0 Å². The molecule has 1 N–H and O–H groups in total. The molecule has 0 aromatic carbocycles. The number of aliphatic carboxylic acids is 1. The fourth-order valence-electron chi connectivity index (χ4n) is 3.21. The molecule has 1 saturated heterocycles. The van der Waals surface area contributed by atoms with Crippen LogP contribution in [0.3, 0.4) is 0 Å². The van der Waals surface area contributed by atoms with Crippen LogP contribution in [0, 0.1) is 0 Å². The zero-order chi connectivity index (χ0) is 13.4. The van der Waals surface area contributed by atoms with E-state index in [0.717, 1.165) is 45.2 Å². The molecule has 3 nitrogen and oxygen atoms in total. The van der Waals surface area contributed by atoms with Crippen LogP contribution < -0.4 is 0 Å². The molecule has 1 atom stereocenters. The Morgan fingerprint density at radius 2 is 1.89 bits per heavy atom. The number of rotatable bonds is 9. The molecule has 1 aliphatic rings. The minimum Gasteiger partial charge on any atom is -0.480 e. The minimum absolute atomic E-state index is 0.542. The van der Waals surface area contributed by atoms with Gasteiger partial charge >= 0.3 is 5.97 Å². The lowest BCUT2D eigenvalue weighted by molar-refractivity contribution is -0.150. The first-order chi connectivity index (χ1) is 8.67. The van der Waals surface area contributed by atoms with E-state index in [1.54, 1.807) is 0 Å². The van der Waals surface area contributed by atoms with Gasteiger partial charge in [0, 0.05) is 0 Å². The molecular formula is C15H29NO2. The lowest BCUT2D eigenvalue weighted by atomic mass is 9.90. The fraction of sp³-hybridized carbons (Fsp3) is 0.933. The molecule has 106 valence electrons.